The first-order valence-electron chi connectivity index (χ1n) is 12.2. The van der Waals surface area contributed by atoms with Crippen molar-refractivity contribution in [2.45, 2.75) is 96.7 Å². The minimum atomic E-state index is 0.481. The van der Waals surface area contributed by atoms with Crippen LogP contribution in [-0.4, -0.2) is 30.6 Å². The highest BCUT2D eigenvalue weighted by Crippen LogP contribution is 2.36. The second-order valence-electron chi connectivity index (χ2n) is 9.98. The lowest BCUT2D eigenvalue weighted by Crippen LogP contribution is -2.40. The Morgan fingerprint density at radius 1 is 0.966 bits per heavy atom. The largest absolute Gasteiger partial charge is 0.497 e. The zero-order chi connectivity index (χ0) is 20.6. The lowest BCUT2D eigenvalue weighted by atomic mass is 9.75. The summed E-state index contributed by atoms with van der Waals surface area (Å²) in [5.41, 5.74) is 7.51. The molecule has 29 heavy (non-hydrogen) atoms. The van der Waals surface area contributed by atoms with Crippen molar-refractivity contribution in [1.29, 1.82) is 0 Å². The average Bonchev–Trinajstić information content (AvgIpc) is 2.76. The van der Waals surface area contributed by atoms with Crippen LogP contribution in [0.5, 0.6) is 5.75 Å². The van der Waals surface area contributed by atoms with E-state index in [1.165, 1.54) is 76.3 Å². The van der Waals surface area contributed by atoms with Gasteiger partial charge in [-0.1, -0.05) is 32.4 Å². The van der Waals surface area contributed by atoms with Crippen LogP contribution in [-0.2, 0) is 6.54 Å². The molecule has 3 nitrogen and oxygen atoms in total. The third-order valence-electron chi connectivity index (χ3n) is 7.68. The van der Waals surface area contributed by atoms with Gasteiger partial charge in [-0.25, -0.2) is 0 Å². The van der Waals surface area contributed by atoms with E-state index in [9.17, 15) is 0 Å². The highest BCUT2D eigenvalue weighted by molar-refractivity contribution is 5.27. The van der Waals surface area contributed by atoms with E-state index < -0.39 is 0 Å². The van der Waals surface area contributed by atoms with Gasteiger partial charge in [0.2, 0.25) is 0 Å². The van der Waals surface area contributed by atoms with E-state index in [0.717, 1.165) is 36.1 Å². The van der Waals surface area contributed by atoms with Crippen molar-refractivity contribution in [3.8, 4) is 5.75 Å². The molecule has 0 saturated heterocycles. The molecule has 2 aliphatic carbocycles. The Morgan fingerprint density at radius 2 is 1.55 bits per heavy atom. The monoisotopic (exact) mass is 400 g/mol. The Balaban J connectivity index is 1.52. The van der Waals surface area contributed by atoms with Gasteiger partial charge in [-0.05, 0) is 93.2 Å². The molecule has 2 fully saturated rings. The Kier molecular flexibility index (Phi) is 8.86. The SMILES string of the molecule is CCC(C)CN(Cc1ccc(OC)cc1)C1CCC(CC2CCC(N)CC2)CC1. The van der Waals surface area contributed by atoms with Crippen LogP contribution in [0.25, 0.3) is 0 Å². The van der Waals surface area contributed by atoms with Crippen molar-refractivity contribution in [3.05, 3.63) is 29.8 Å². The molecule has 0 aromatic heterocycles. The van der Waals surface area contributed by atoms with E-state index in [0.29, 0.717) is 6.04 Å². The molecule has 3 rings (SSSR count). The average molecular weight is 401 g/mol. The fraction of sp³-hybridized carbons (Fsp3) is 0.769. The van der Waals surface area contributed by atoms with Crippen LogP contribution in [0.2, 0.25) is 0 Å². The molecule has 0 aliphatic heterocycles. The second kappa shape index (κ2) is 11.4. The number of rotatable bonds is 9. The van der Waals surface area contributed by atoms with Crippen LogP contribution in [0.15, 0.2) is 24.3 Å². The third kappa shape index (κ3) is 7.00. The number of methoxy groups -OCH3 is 1. The Labute approximate surface area is 179 Å². The molecule has 0 radical (unpaired) electrons. The maximum Gasteiger partial charge on any atom is 0.118 e. The van der Waals surface area contributed by atoms with Gasteiger partial charge in [0.15, 0.2) is 0 Å². The highest BCUT2D eigenvalue weighted by atomic mass is 16.5. The Bertz CT molecular complexity index is 571. The first-order chi connectivity index (χ1) is 14.1. The summed E-state index contributed by atoms with van der Waals surface area (Å²) >= 11 is 0. The standard InChI is InChI=1S/C26H44N2O/c1-4-20(2)18-28(19-23-9-15-26(29-3)16-10-23)25-13-7-22(8-14-25)17-21-5-11-24(27)12-6-21/h9-10,15-16,20-22,24-25H,4-8,11-14,17-19,27H2,1-3H3. The van der Waals surface area contributed by atoms with Crippen LogP contribution in [0.1, 0.15) is 83.6 Å². The van der Waals surface area contributed by atoms with Gasteiger partial charge >= 0.3 is 0 Å². The fourth-order valence-electron chi connectivity index (χ4n) is 5.48. The van der Waals surface area contributed by atoms with E-state index in [2.05, 4.69) is 43.0 Å². The molecule has 164 valence electrons. The second-order valence-corrected chi connectivity index (χ2v) is 9.98. The summed E-state index contributed by atoms with van der Waals surface area (Å²) in [5.74, 6) is 3.62. The van der Waals surface area contributed by atoms with Gasteiger partial charge in [0.05, 0.1) is 7.11 Å². The van der Waals surface area contributed by atoms with Crippen molar-refractivity contribution in [3.63, 3.8) is 0 Å². The number of hydrogen-bond acceptors (Lipinski definition) is 3. The summed E-state index contributed by atoms with van der Waals surface area (Å²) in [7, 11) is 1.74. The first-order valence-corrected chi connectivity index (χ1v) is 12.2. The van der Waals surface area contributed by atoms with Gasteiger partial charge in [0, 0.05) is 25.2 Å². The van der Waals surface area contributed by atoms with E-state index in [4.69, 9.17) is 10.5 Å². The molecule has 2 saturated carbocycles. The predicted octanol–water partition coefficient (Wildman–Crippen LogP) is 6.01. The molecular weight excluding hydrogens is 356 g/mol. The van der Waals surface area contributed by atoms with E-state index in [-0.39, 0.29) is 0 Å². The number of benzene rings is 1. The van der Waals surface area contributed by atoms with Gasteiger partial charge < -0.3 is 10.5 Å². The van der Waals surface area contributed by atoms with Gasteiger partial charge in [0.25, 0.3) is 0 Å². The van der Waals surface area contributed by atoms with Crippen molar-refractivity contribution in [1.82, 2.24) is 4.90 Å². The fourth-order valence-corrected chi connectivity index (χ4v) is 5.48. The summed E-state index contributed by atoms with van der Waals surface area (Å²) in [6, 6.07) is 9.91. The number of hydrogen-bond donors (Lipinski definition) is 1. The van der Waals surface area contributed by atoms with Crippen molar-refractivity contribution in [2.75, 3.05) is 13.7 Å². The topological polar surface area (TPSA) is 38.5 Å². The molecule has 2 N–H and O–H groups in total. The Morgan fingerprint density at radius 3 is 2.10 bits per heavy atom. The minimum absolute atomic E-state index is 0.481. The molecular formula is C26H44N2O. The van der Waals surface area contributed by atoms with Crippen LogP contribution in [0, 0.1) is 17.8 Å². The van der Waals surface area contributed by atoms with Crippen LogP contribution in [0.4, 0.5) is 0 Å². The molecule has 1 unspecified atom stereocenters. The van der Waals surface area contributed by atoms with E-state index in [1.807, 2.05) is 0 Å². The molecule has 0 bridgehead atoms. The predicted molar refractivity (Wildman–Crippen MR) is 123 cm³/mol. The minimum Gasteiger partial charge on any atom is -0.497 e. The van der Waals surface area contributed by atoms with Gasteiger partial charge in [-0.3, -0.25) is 4.90 Å². The molecule has 0 spiro atoms. The van der Waals surface area contributed by atoms with Gasteiger partial charge in [-0.15, -0.1) is 0 Å². The lowest BCUT2D eigenvalue weighted by Gasteiger charge is -2.39. The summed E-state index contributed by atoms with van der Waals surface area (Å²) in [4.78, 5) is 2.78. The van der Waals surface area contributed by atoms with Gasteiger partial charge in [0.1, 0.15) is 5.75 Å². The lowest BCUT2D eigenvalue weighted by molar-refractivity contribution is 0.103. The highest BCUT2D eigenvalue weighted by Gasteiger charge is 2.29. The zero-order valence-corrected chi connectivity index (χ0v) is 19.1. The molecule has 3 heteroatoms. The molecule has 2 aliphatic rings. The van der Waals surface area contributed by atoms with E-state index in [1.54, 1.807) is 7.11 Å². The summed E-state index contributed by atoms with van der Waals surface area (Å²) in [6.07, 6.45) is 13.6. The summed E-state index contributed by atoms with van der Waals surface area (Å²) in [6.45, 7) is 7.02. The number of nitrogens with zero attached hydrogens (tertiary/aromatic N) is 1. The molecule has 0 heterocycles. The van der Waals surface area contributed by atoms with E-state index >= 15 is 0 Å². The zero-order valence-electron chi connectivity index (χ0n) is 19.1. The van der Waals surface area contributed by atoms with Crippen molar-refractivity contribution in [2.24, 2.45) is 23.5 Å². The van der Waals surface area contributed by atoms with Crippen LogP contribution in [0.3, 0.4) is 0 Å². The number of nitrogens with two attached hydrogens (primary N) is 1. The van der Waals surface area contributed by atoms with Gasteiger partial charge in [-0.2, -0.15) is 0 Å². The quantitative estimate of drug-likeness (QED) is 0.551. The summed E-state index contributed by atoms with van der Waals surface area (Å²) < 4.78 is 5.33. The smallest absolute Gasteiger partial charge is 0.118 e. The van der Waals surface area contributed by atoms with Crippen molar-refractivity contribution < 1.29 is 4.74 Å². The maximum absolute atomic E-state index is 6.10. The van der Waals surface area contributed by atoms with Crippen molar-refractivity contribution >= 4 is 0 Å². The molecule has 1 atom stereocenters. The number of ether oxygens (including phenoxy) is 1. The van der Waals surface area contributed by atoms with Crippen LogP contribution < -0.4 is 10.5 Å². The Hall–Kier alpha value is -1.06. The molecule has 1 aromatic carbocycles. The molecule has 1 aromatic rings. The maximum atomic E-state index is 6.10. The summed E-state index contributed by atoms with van der Waals surface area (Å²) in [5, 5.41) is 0. The molecule has 0 amide bonds. The normalized spacial score (nSPS) is 29.0. The third-order valence-corrected chi connectivity index (χ3v) is 7.68. The van der Waals surface area contributed by atoms with Crippen LogP contribution >= 0.6 is 0 Å². The first kappa shape index (κ1) is 22.6.